The Hall–Kier alpha value is -2.23. The standard InChI is InChI=1S/C14H10F2O2/c15-12-6-11(7-13(16)8-12)10-3-1-2-9(4-10)5-14(17)18/h1-4,6-8H,5H2,(H,17,18). The molecule has 0 saturated carbocycles. The summed E-state index contributed by atoms with van der Waals surface area (Å²) in [6, 6.07) is 9.84. The van der Waals surface area contributed by atoms with Crippen LogP contribution >= 0.6 is 0 Å². The first-order chi connectivity index (χ1) is 8.54. The van der Waals surface area contributed by atoms with E-state index in [2.05, 4.69) is 0 Å². The van der Waals surface area contributed by atoms with Crippen LogP contribution in [0, 0.1) is 11.6 Å². The monoisotopic (exact) mass is 248 g/mol. The smallest absolute Gasteiger partial charge is 0.307 e. The maximum Gasteiger partial charge on any atom is 0.307 e. The normalized spacial score (nSPS) is 10.3. The van der Waals surface area contributed by atoms with Gasteiger partial charge in [0.25, 0.3) is 0 Å². The molecule has 0 heterocycles. The molecule has 0 aromatic heterocycles. The molecule has 0 aliphatic rings. The maximum absolute atomic E-state index is 13.1. The van der Waals surface area contributed by atoms with Crippen molar-refractivity contribution in [1.29, 1.82) is 0 Å². The molecule has 1 N–H and O–H groups in total. The summed E-state index contributed by atoms with van der Waals surface area (Å²) in [4.78, 5) is 10.6. The van der Waals surface area contributed by atoms with Crippen LogP contribution in [0.2, 0.25) is 0 Å². The first-order valence-corrected chi connectivity index (χ1v) is 5.32. The van der Waals surface area contributed by atoms with Crippen molar-refractivity contribution in [2.45, 2.75) is 6.42 Å². The lowest BCUT2D eigenvalue weighted by Gasteiger charge is -2.05. The molecule has 0 atom stereocenters. The minimum Gasteiger partial charge on any atom is -0.481 e. The summed E-state index contributed by atoms with van der Waals surface area (Å²) in [5.74, 6) is -2.26. The molecule has 2 nitrogen and oxygen atoms in total. The lowest BCUT2D eigenvalue weighted by molar-refractivity contribution is -0.136. The van der Waals surface area contributed by atoms with Crippen LogP contribution in [0.3, 0.4) is 0 Å². The van der Waals surface area contributed by atoms with Crippen LogP contribution in [0.1, 0.15) is 5.56 Å². The van der Waals surface area contributed by atoms with E-state index in [0.29, 0.717) is 16.7 Å². The zero-order valence-corrected chi connectivity index (χ0v) is 9.36. The van der Waals surface area contributed by atoms with Crippen LogP contribution in [0.5, 0.6) is 0 Å². The number of carbonyl (C=O) groups is 1. The van der Waals surface area contributed by atoms with Crippen molar-refractivity contribution >= 4 is 5.97 Å². The Kier molecular flexibility index (Phi) is 3.37. The van der Waals surface area contributed by atoms with E-state index in [9.17, 15) is 13.6 Å². The van der Waals surface area contributed by atoms with Crippen molar-refractivity contribution in [3.8, 4) is 11.1 Å². The average Bonchev–Trinajstić information content (AvgIpc) is 2.27. The Bertz CT molecular complexity index is 574. The molecule has 0 bridgehead atoms. The minimum atomic E-state index is -0.947. The number of hydrogen-bond acceptors (Lipinski definition) is 1. The molecule has 2 rings (SSSR count). The Balaban J connectivity index is 2.41. The topological polar surface area (TPSA) is 37.3 Å². The zero-order valence-electron chi connectivity index (χ0n) is 9.36. The molecule has 18 heavy (non-hydrogen) atoms. The second-order valence-corrected chi connectivity index (χ2v) is 3.93. The molecule has 0 aliphatic carbocycles. The minimum absolute atomic E-state index is 0.119. The fraction of sp³-hybridized carbons (Fsp3) is 0.0714. The summed E-state index contributed by atoms with van der Waals surface area (Å²) in [5, 5.41) is 8.70. The number of halogens is 2. The highest BCUT2D eigenvalue weighted by molar-refractivity contribution is 5.72. The van der Waals surface area contributed by atoms with Gasteiger partial charge in [0.05, 0.1) is 6.42 Å². The quantitative estimate of drug-likeness (QED) is 0.905. The third-order valence-electron chi connectivity index (χ3n) is 2.48. The van der Waals surface area contributed by atoms with E-state index < -0.39 is 17.6 Å². The lowest BCUT2D eigenvalue weighted by atomic mass is 10.0. The maximum atomic E-state index is 13.1. The van der Waals surface area contributed by atoms with E-state index in [0.717, 1.165) is 6.07 Å². The van der Waals surface area contributed by atoms with E-state index >= 15 is 0 Å². The van der Waals surface area contributed by atoms with Gasteiger partial charge in [0.2, 0.25) is 0 Å². The summed E-state index contributed by atoms with van der Waals surface area (Å²) in [6.07, 6.45) is -0.119. The highest BCUT2D eigenvalue weighted by Gasteiger charge is 2.05. The van der Waals surface area contributed by atoms with Gasteiger partial charge in [0, 0.05) is 6.07 Å². The molecule has 0 saturated heterocycles. The molecule has 92 valence electrons. The Morgan fingerprint density at radius 1 is 1.00 bits per heavy atom. The molecule has 0 unspecified atom stereocenters. The number of aliphatic carboxylic acids is 1. The molecule has 0 aliphatic heterocycles. The van der Waals surface area contributed by atoms with E-state index in [1.165, 1.54) is 12.1 Å². The number of carboxylic acids is 1. The third-order valence-corrected chi connectivity index (χ3v) is 2.48. The van der Waals surface area contributed by atoms with Crippen LogP contribution in [-0.4, -0.2) is 11.1 Å². The van der Waals surface area contributed by atoms with Crippen LogP contribution in [-0.2, 0) is 11.2 Å². The summed E-state index contributed by atoms with van der Waals surface area (Å²) < 4.78 is 26.2. The van der Waals surface area contributed by atoms with Crippen molar-refractivity contribution in [2.24, 2.45) is 0 Å². The fourth-order valence-corrected chi connectivity index (χ4v) is 1.76. The van der Waals surface area contributed by atoms with E-state index in [-0.39, 0.29) is 6.42 Å². The van der Waals surface area contributed by atoms with E-state index in [4.69, 9.17) is 5.11 Å². The molecular weight excluding hydrogens is 238 g/mol. The molecule has 0 radical (unpaired) electrons. The van der Waals surface area contributed by atoms with Gasteiger partial charge in [0.15, 0.2) is 0 Å². The first kappa shape index (κ1) is 12.2. The summed E-state index contributed by atoms with van der Waals surface area (Å²) in [6.45, 7) is 0. The Labute approximate surface area is 103 Å². The SMILES string of the molecule is O=C(O)Cc1cccc(-c2cc(F)cc(F)c2)c1. The lowest BCUT2D eigenvalue weighted by Crippen LogP contribution is -1.99. The van der Waals surface area contributed by atoms with Crippen LogP contribution in [0.15, 0.2) is 42.5 Å². The third kappa shape index (κ3) is 2.91. The Morgan fingerprint density at radius 2 is 1.67 bits per heavy atom. The van der Waals surface area contributed by atoms with Gasteiger partial charge in [-0.25, -0.2) is 8.78 Å². The van der Waals surface area contributed by atoms with Gasteiger partial charge < -0.3 is 5.11 Å². The fourth-order valence-electron chi connectivity index (χ4n) is 1.76. The largest absolute Gasteiger partial charge is 0.481 e. The molecule has 0 amide bonds. The van der Waals surface area contributed by atoms with Crippen molar-refractivity contribution in [3.63, 3.8) is 0 Å². The highest BCUT2D eigenvalue weighted by Crippen LogP contribution is 2.22. The van der Waals surface area contributed by atoms with Gasteiger partial charge in [-0.2, -0.15) is 0 Å². The van der Waals surface area contributed by atoms with Crippen molar-refractivity contribution in [2.75, 3.05) is 0 Å². The van der Waals surface area contributed by atoms with Crippen LogP contribution < -0.4 is 0 Å². The van der Waals surface area contributed by atoms with E-state index in [1.807, 2.05) is 0 Å². The van der Waals surface area contributed by atoms with Crippen LogP contribution in [0.25, 0.3) is 11.1 Å². The number of carboxylic acid groups (broad SMARTS) is 1. The molecular formula is C14H10F2O2. The van der Waals surface area contributed by atoms with Gasteiger partial charge in [-0.3, -0.25) is 4.79 Å². The van der Waals surface area contributed by atoms with Crippen molar-refractivity contribution < 1.29 is 18.7 Å². The van der Waals surface area contributed by atoms with Crippen molar-refractivity contribution in [1.82, 2.24) is 0 Å². The summed E-state index contributed by atoms with van der Waals surface area (Å²) in [5.41, 5.74) is 1.57. The van der Waals surface area contributed by atoms with Gasteiger partial charge in [-0.1, -0.05) is 24.3 Å². The molecule has 2 aromatic rings. The van der Waals surface area contributed by atoms with Gasteiger partial charge in [0.1, 0.15) is 11.6 Å². The molecule has 0 spiro atoms. The predicted octanol–water partition coefficient (Wildman–Crippen LogP) is 3.26. The van der Waals surface area contributed by atoms with Crippen LogP contribution in [0.4, 0.5) is 8.78 Å². The van der Waals surface area contributed by atoms with Crippen molar-refractivity contribution in [3.05, 3.63) is 59.7 Å². The highest BCUT2D eigenvalue weighted by atomic mass is 19.1. The summed E-state index contributed by atoms with van der Waals surface area (Å²) in [7, 11) is 0. The molecule has 2 aromatic carbocycles. The first-order valence-electron chi connectivity index (χ1n) is 5.32. The Morgan fingerprint density at radius 3 is 2.28 bits per heavy atom. The van der Waals surface area contributed by atoms with E-state index in [1.54, 1.807) is 24.3 Å². The van der Waals surface area contributed by atoms with Gasteiger partial charge >= 0.3 is 5.97 Å². The van der Waals surface area contributed by atoms with Gasteiger partial charge in [-0.15, -0.1) is 0 Å². The molecule has 4 heteroatoms. The summed E-state index contributed by atoms with van der Waals surface area (Å²) >= 11 is 0. The molecule has 0 fully saturated rings. The zero-order chi connectivity index (χ0) is 13.1. The number of benzene rings is 2. The van der Waals surface area contributed by atoms with Gasteiger partial charge in [-0.05, 0) is 28.8 Å². The number of hydrogen-bond donors (Lipinski definition) is 1. The average molecular weight is 248 g/mol. The predicted molar refractivity (Wildman–Crippen MR) is 63.1 cm³/mol. The second kappa shape index (κ2) is 4.96. The number of rotatable bonds is 3. The second-order valence-electron chi connectivity index (χ2n) is 3.93.